The lowest BCUT2D eigenvalue weighted by Gasteiger charge is -2.24. The van der Waals surface area contributed by atoms with Gasteiger partial charge in [-0.15, -0.1) is 0 Å². The fourth-order valence-corrected chi connectivity index (χ4v) is 5.48. The second kappa shape index (κ2) is 9.97. The van der Waals surface area contributed by atoms with Gasteiger partial charge in [-0.25, -0.2) is 4.98 Å². The highest BCUT2D eigenvalue weighted by molar-refractivity contribution is 8.00. The maximum atomic E-state index is 13.6. The summed E-state index contributed by atoms with van der Waals surface area (Å²) in [7, 11) is 0. The molecule has 2 unspecified atom stereocenters. The highest BCUT2D eigenvalue weighted by Gasteiger charge is 2.33. The molecule has 0 spiro atoms. The van der Waals surface area contributed by atoms with Crippen LogP contribution in [-0.2, 0) is 16.1 Å². The maximum absolute atomic E-state index is 13.6. The highest BCUT2D eigenvalue weighted by atomic mass is 35.5. The van der Waals surface area contributed by atoms with E-state index < -0.39 is 5.25 Å². The molecular weight excluding hydrogens is 460 g/mol. The summed E-state index contributed by atoms with van der Waals surface area (Å²) < 4.78 is 1.58. The lowest BCUT2D eigenvalue weighted by molar-refractivity contribution is -0.130. The van der Waals surface area contributed by atoms with Gasteiger partial charge in [0.1, 0.15) is 5.25 Å². The van der Waals surface area contributed by atoms with Gasteiger partial charge >= 0.3 is 0 Å². The number of aromatic nitrogens is 2. The van der Waals surface area contributed by atoms with Crippen LogP contribution in [0, 0.1) is 0 Å². The van der Waals surface area contributed by atoms with Gasteiger partial charge < -0.3 is 10.2 Å². The minimum absolute atomic E-state index is 0.0507. The van der Waals surface area contributed by atoms with Gasteiger partial charge in [0.05, 0.1) is 10.9 Å². The monoisotopic (exact) mass is 484 g/mol. The molecule has 172 valence electrons. The number of fused-ring (bicyclic) bond motifs is 1. The van der Waals surface area contributed by atoms with Crippen molar-refractivity contribution in [2.24, 2.45) is 0 Å². The number of hydrogen-bond acceptors (Lipinski definition) is 5. The van der Waals surface area contributed by atoms with E-state index in [-0.39, 0.29) is 23.4 Å². The van der Waals surface area contributed by atoms with Crippen molar-refractivity contribution >= 4 is 46.1 Å². The van der Waals surface area contributed by atoms with Crippen LogP contribution in [0.5, 0.6) is 0 Å². The molecule has 1 saturated heterocycles. The molecule has 0 aliphatic carbocycles. The average molecular weight is 485 g/mol. The molecule has 33 heavy (non-hydrogen) atoms. The molecule has 2 amide bonds. The Morgan fingerprint density at radius 1 is 1.24 bits per heavy atom. The number of hydrogen-bond donors (Lipinski definition) is 1. The van der Waals surface area contributed by atoms with Crippen molar-refractivity contribution in [1.82, 2.24) is 19.8 Å². The van der Waals surface area contributed by atoms with Crippen LogP contribution >= 0.6 is 23.4 Å². The van der Waals surface area contributed by atoms with E-state index in [2.05, 4.69) is 5.32 Å². The molecule has 1 aromatic heterocycles. The zero-order valence-electron chi connectivity index (χ0n) is 18.5. The van der Waals surface area contributed by atoms with E-state index in [1.807, 2.05) is 37.3 Å². The Labute approximate surface area is 201 Å². The van der Waals surface area contributed by atoms with Crippen LogP contribution in [0.1, 0.15) is 31.1 Å². The maximum Gasteiger partial charge on any atom is 0.262 e. The minimum Gasteiger partial charge on any atom is -0.352 e. The van der Waals surface area contributed by atoms with E-state index in [1.54, 1.807) is 27.7 Å². The first-order valence-electron chi connectivity index (χ1n) is 10.8. The van der Waals surface area contributed by atoms with E-state index in [1.165, 1.54) is 18.7 Å². The minimum atomic E-state index is -0.572. The molecule has 1 N–H and O–H groups in total. The van der Waals surface area contributed by atoms with E-state index in [9.17, 15) is 14.4 Å². The Morgan fingerprint density at radius 3 is 2.70 bits per heavy atom. The van der Waals surface area contributed by atoms with Gasteiger partial charge in [-0.2, -0.15) is 0 Å². The topological polar surface area (TPSA) is 84.3 Å². The molecule has 1 fully saturated rings. The lowest BCUT2D eigenvalue weighted by atomic mass is 10.1. The Bertz CT molecular complexity index is 1250. The molecule has 1 aliphatic heterocycles. The van der Waals surface area contributed by atoms with Crippen molar-refractivity contribution in [3.63, 3.8) is 0 Å². The van der Waals surface area contributed by atoms with Crippen molar-refractivity contribution in [2.45, 2.75) is 43.3 Å². The van der Waals surface area contributed by atoms with Crippen molar-refractivity contribution in [2.75, 3.05) is 13.1 Å². The summed E-state index contributed by atoms with van der Waals surface area (Å²) in [4.78, 5) is 44.7. The third kappa shape index (κ3) is 5.07. The number of amides is 2. The van der Waals surface area contributed by atoms with Crippen molar-refractivity contribution < 1.29 is 9.59 Å². The predicted molar refractivity (Wildman–Crippen MR) is 131 cm³/mol. The highest BCUT2D eigenvalue weighted by Crippen LogP contribution is 2.37. The van der Waals surface area contributed by atoms with Crippen LogP contribution in [0.3, 0.4) is 0 Å². The SMILES string of the molecule is CCn1c(SC(C(=O)N2CCC(NC(C)=O)C2)c2ccccc2)nc2ccc(Cl)cc2c1=O. The molecule has 7 nitrogen and oxygen atoms in total. The van der Waals surface area contributed by atoms with E-state index in [0.717, 1.165) is 5.56 Å². The first-order valence-corrected chi connectivity index (χ1v) is 12.1. The first kappa shape index (κ1) is 23.3. The molecule has 9 heteroatoms. The van der Waals surface area contributed by atoms with E-state index >= 15 is 0 Å². The molecule has 2 aromatic carbocycles. The summed E-state index contributed by atoms with van der Waals surface area (Å²) in [6.45, 7) is 4.81. The van der Waals surface area contributed by atoms with Gasteiger partial charge in [0.25, 0.3) is 5.56 Å². The Balaban J connectivity index is 1.70. The predicted octanol–water partition coefficient (Wildman–Crippen LogP) is 3.64. The van der Waals surface area contributed by atoms with Crippen molar-refractivity contribution in [1.29, 1.82) is 0 Å². The molecule has 3 aromatic rings. The Kier molecular flexibility index (Phi) is 7.05. The smallest absolute Gasteiger partial charge is 0.262 e. The van der Waals surface area contributed by atoms with Crippen LogP contribution in [0.4, 0.5) is 0 Å². The molecular formula is C24H25ClN4O3S. The molecule has 0 saturated carbocycles. The van der Waals surface area contributed by atoms with Crippen LogP contribution in [-0.4, -0.2) is 45.4 Å². The summed E-state index contributed by atoms with van der Waals surface area (Å²) in [5.74, 6) is -0.164. The Hall–Kier alpha value is -2.84. The van der Waals surface area contributed by atoms with E-state index in [4.69, 9.17) is 16.6 Å². The summed E-state index contributed by atoms with van der Waals surface area (Å²) in [5.41, 5.74) is 1.20. The van der Waals surface area contributed by atoms with Gasteiger partial charge in [-0.1, -0.05) is 53.7 Å². The first-order chi connectivity index (χ1) is 15.9. The number of nitrogens with zero attached hydrogens (tertiary/aromatic N) is 3. The average Bonchev–Trinajstić information content (AvgIpc) is 3.26. The number of halogens is 1. The quantitative estimate of drug-likeness (QED) is 0.426. The number of carbonyl (C=O) groups is 2. The van der Waals surface area contributed by atoms with Crippen molar-refractivity contribution in [3.8, 4) is 0 Å². The number of nitrogens with one attached hydrogen (secondary N) is 1. The number of benzene rings is 2. The lowest BCUT2D eigenvalue weighted by Crippen LogP contribution is -2.38. The molecule has 1 aliphatic rings. The summed E-state index contributed by atoms with van der Waals surface area (Å²) in [6.07, 6.45) is 0.714. The number of carbonyl (C=O) groups excluding carboxylic acids is 2. The number of thioether (sulfide) groups is 1. The molecule has 0 radical (unpaired) electrons. The second-order valence-corrected chi connectivity index (χ2v) is 9.49. The standard InChI is InChI=1S/C24H25ClN4O3S/c1-3-29-22(31)19-13-17(25)9-10-20(19)27-24(29)33-21(16-7-5-4-6-8-16)23(32)28-12-11-18(14-28)26-15(2)30/h4-10,13,18,21H,3,11-12,14H2,1-2H3,(H,26,30). The van der Waals surface area contributed by atoms with E-state index in [0.29, 0.717) is 47.1 Å². The van der Waals surface area contributed by atoms with Crippen LogP contribution in [0.25, 0.3) is 10.9 Å². The Morgan fingerprint density at radius 2 is 2.00 bits per heavy atom. The second-order valence-electron chi connectivity index (χ2n) is 7.98. The molecule has 2 atom stereocenters. The number of rotatable bonds is 6. The van der Waals surface area contributed by atoms with Crippen LogP contribution < -0.4 is 10.9 Å². The van der Waals surface area contributed by atoms with Gasteiger partial charge in [0.2, 0.25) is 11.8 Å². The fourth-order valence-electron chi connectivity index (χ4n) is 4.07. The van der Waals surface area contributed by atoms with Crippen molar-refractivity contribution in [3.05, 3.63) is 69.5 Å². The summed E-state index contributed by atoms with van der Waals surface area (Å²) in [5, 5.41) is 3.74. The normalized spacial score (nSPS) is 16.7. The van der Waals surface area contributed by atoms with Gasteiger partial charge in [-0.3, -0.25) is 19.0 Å². The van der Waals surface area contributed by atoms with Crippen LogP contribution in [0.2, 0.25) is 5.02 Å². The fraction of sp³-hybridized carbons (Fsp3) is 0.333. The van der Waals surface area contributed by atoms with Gasteiger partial charge in [0.15, 0.2) is 5.16 Å². The summed E-state index contributed by atoms with van der Waals surface area (Å²) >= 11 is 7.37. The van der Waals surface area contributed by atoms with Crippen LogP contribution in [0.15, 0.2) is 58.5 Å². The third-order valence-electron chi connectivity index (χ3n) is 5.65. The zero-order chi connectivity index (χ0) is 23.5. The van der Waals surface area contributed by atoms with Gasteiger partial charge in [0, 0.05) is 37.6 Å². The number of likely N-dealkylation sites (tertiary alicyclic amines) is 1. The zero-order valence-corrected chi connectivity index (χ0v) is 20.0. The molecule has 0 bridgehead atoms. The molecule has 4 rings (SSSR count). The third-order valence-corrected chi connectivity index (χ3v) is 7.12. The molecule has 2 heterocycles. The van der Waals surface area contributed by atoms with Gasteiger partial charge in [-0.05, 0) is 37.1 Å². The largest absolute Gasteiger partial charge is 0.352 e. The summed E-state index contributed by atoms with van der Waals surface area (Å²) in [6, 6.07) is 14.5.